The van der Waals surface area contributed by atoms with Crippen molar-refractivity contribution in [3.05, 3.63) is 60.7 Å². The van der Waals surface area contributed by atoms with Gasteiger partial charge in [-0.25, -0.2) is 8.42 Å². The Morgan fingerprint density at radius 2 is 1.52 bits per heavy atom. The van der Waals surface area contributed by atoms with E-state index < -0.39 is 15.9 Å². The lowest BCUT2D eigenvalue weighted by atomic mass is 10.3. The zero-order chi connectivity index (χ0) is 15.1. The molecule has 0 saturated heterocycles. The second-order valence-electron chi connectivity index (χ2n) is 4.70. The highest BCUT2D eigenvalue weighted by atomic mass is 32.2. The molecule has 21 heavy (non-hydrogen) atoms. The highest BCUT2D eigenvalue weighted by molar-refractivity contribution is 7.91. The van der Waals surface area contributed by atoms with E-state index in [1.165, 1.54) is 0 Å². The zero-order valence-electron chi connectivity index (χ0n) is 11.6. The molecule has 1 atom stereocenters. The molecule has 0 spiro atoms. The molecule has 2 aromatic rings. The van der Waals surface area contributed by atoms with E-state index in [1.54, 1.807) is 42.5 Å². The summed E-state index contributed by atoms with van der Waals surface area (Å²) in [7, 11) is -3.35. The summed E-state index contributed by atoms with van der Waals surface area (Å²) in [6, 6.07) is 17.4. The Morgan fingerprint density at radius 3 is 2.14 bits per heavy atom. The fraction of sp³-hybridized carbons (Fsp3) is 0.250. The van der Waals surface area contributed by atoms with Gasteiger partial charge in [0.05, 0.1) is 16.8 Å². The van der Waals surface area contributed by atoms with Crippen molar-refractivity contribution in [2.45, 2.75) is 17.4 Å². The predicted molar refractivity (Wildman–Crippen MR) is 81.1 cm³/mol. The molecule has 0 saturated carbocycles. The Balaban J connectivity index is 1.82. The Bertz CT molecular complexity index is 638. The number of aliphatic hydroxyl groups excluding tert-OH is 1. The van der Waals surface area contributed by atoms with Crippen LogP contribution in [0.2, 0.25) is 0 Å². The van der Waals surface area contributed by atoms with Crippen molar-refractivity contribution < 1.29 is 18.3 Å². The zero-order valence-corrected chi connectivity index (χ0v) is 12.4. The maximum absolute atomic E-state index is 12.1. The molecule has 0 aromatic heterocycles. The van der Waals surface area contributed by atoms with E-state index in [4.69, 9.17) is 4.74 Å². The number of benzene rings is 2. The van der Waals surface area contributed by atoms with Crippen LogP contribution in [0.4, 0.5) is 0 Å². The number of rotatable bonds is 7. The first kappa shape index (κ1) is 15.5. The lowest BCUT2D eigenvalue weighted by molar-refractivity contribution is 0.105. The van der Waals surface area contributed by atoms with Crippen LogP contribution < -0.4 is 4.74 Å². The molecule has 0 amide bonds. The van der Waals surface area contributed by atoms with E-state index in [9.17, 15) is 13.5 Å². The van der Waals surface area contributed by atoms with Crippen LogP contribution in [0.1, 0.15) is 6.42 Å². The molecule has 0 aliphatic carbocycles. The topological polar surface area (TPSA) is 63.6 Å². The fourth-order valence-electron chi connectivity index (χ4n) is 1.83. The number of hydrogen-bond donors (Lipinski definition) is 1. The van der Waals surface area contributed by atoms with E-state index in [2.05, 4.69) is 0 Å². The monoisotopic (exact) mass is 306 g/mol. The van der Waals surface area contributed by atoms with Crippen LogP contribution >= 0.6 is 0 Å². The Morgan fingerprint density at radius 1 is 0.952 bits per heavy atom. The maximum Gasteiger partial charge on any atom is 0.178 e. The highest BCUT2D eigenvalue weighted by Crippen LogP contribution is 2.13. The van der Waals surface area contributed by atoms with Crippen LogP contribution in [0.5, 0.6) is 5.75 Å². The number of aliphatic hydroxyl groups is 1. The molecule has 0 radical (unpaired) electrons. The predicted octanol–water partition coefficient (Wildman–Crippen LogP) is 2.29. The van der Waals surface area contributed by atoms with Crippen LogP contribution in [0.3, 0.4) is 0 Å². The first-order valence-electron chi connectivity index (χ1n) is 6.71. The van der Waals surface area contributed by atoms with E-state index in [1.807, 2.05) is 18.2 Å². The quantitative estimate of drug-likeness (QED) is 0.852. The molecule has 1 unspecified atom stereocenters. The van der Waals surface area contributed by atoms with Crippen LogP contribution in [0, 0.1) is 0 Å². The molecular formula is C16H18O4S. The Hall–Kier alpha value is -1.85. The fourth-order valence-corrected chi connectivity index (χ4v) is 3.22. The lowest BCUT2D eigenvalue weighted by Gasteiger charge is -2.12. The van der Waals surface area contributed by atoms with Crippen molar-refractivity contribution >= 4 is 9.84 Å². The summed E-state index contributed by atoms with van der Waals surface area (Å²) in [4.78, 5) is 0.279. The van der Waals surface area contributed by atoms with Gasteiger partial charge >= 0.3 is 0 Å². The van der Waals surface area contributed by atoms with Crippen molar-refractivity contribution in [2.24, 2.45) is 0 Å². The van der Waals surface area contributed by atoms with Gasteiger partial charge in [0, 0.05) is 0 Å². The molecule has 0 aliphatic rings. The summed E-state index contributed by atoms with van der Waals surface area (Å²) in [5.41, 5.74) is 0. The summed E-state index contributed by atoms with van der Waals surface area (Å²) in [6.45, 7) is 0.0777. The molecular weight excluding hydrogens is 288 g/mol. The van der Waals surface area contributed by atoms with Gasteiger partial charge in [0.15, 0.2) is 9.84 Å². The van der Waals surface area contributed by atoms with E-state index >= 15 is 0 Å². The van der Waals surface area contributed by atoms with Crippen LogP contribution in [-0.2, 0) is 9.84 Å². The van der Waals surface area contributed by atoms with Gasteiger partial charge in [0.2, 0.25) is 0 Å². The highest BCUT2D eigenvalue weighted by Gasteiger charge is 2.16. The number of hydrogen-bond acceptors (Lipinski definition) is 4. The third-order valence-corrected chi connectivity index (χ3v) is 4.77. The van der Waals surface area contributed by atoms with Crippen molar-refractivity contribution in [1.82, 2.24) is 0 Å². The van der Waals surface area contributed by atoms with E-state index in [0.29, 0.717) is 5.75 Å². The minimum atomic E-state index is -3.35. The molecule has 4 nitrogen and oxygen atoms in total. The molecule has 2 aromatic carbocycles. The number of para-hydroxylation sites is 1. The molecule has 0 fully saturated rings. The minimum Gasteiger partial charge on any atom is -0.491 e. The van der Waals surface area contributed by atoms with E-state index in [-0.39, 0.29) is 23.7 Å². The average molecular weight is 306 g/mol. The molecule has 0 aliphatic heterocycles. The van der Waals surface area contributed by atoms with Gasteiger partial charge < -0.3 is 9.84 Å². The second kappa shape index (κ2) is 7.24. The molecule has 0 heterocycles. The Kier molecular flexibility index (Phi) is 5.36. The van der Waals surface area contributed by atoms with Crippen molar-refractivity contribution in [1.29, 1.82) is 0 Å². The van der Waals surface area contributed by atoms with Gasteiger partial charge in [-0.05, 0) is 30.7 Å². The standard InChI is InChI=1S/C16H18O4S/c17-14(13-20-15-7-3-1-4-8-15)11-12-21(18,19)16-9-5-2-6-10-16/h1-10,14,17H,11-13H2. The van der Waals surface area contributed by atoms with Gasteiger partial charge in [-0.3, -0.25) is 0 Å². The minimum absolute atomic E-state index is 0.0777. The maximum atomic E-state index is 12.1. The molecule has 2 rings (SSSR count). The normalized spacial score (nSPS) is 12.8. The van der Waals surface area contributed by atoms with Crippen LogP contribution in [0.15, 0.2) is 65.6 Å². The SMILES string of the molecule is O=S(=O)(CCC(O)COc1ccccc1)c1ccccc1. The molecule has 112 valence electrons. The van der Waals surface area contributed by atoms with Gasteiger partial charge in [0.1, 0.15) is 12.4 Å². The van der Waals surface area contributed by atoms with Gasteiger partial charge in [-0.15, -0.1) is 0 Å². The smallest absolute Gasteiger partial charge is 0.178 e. The van der Waals surface area contributed by atoms with Crippen molar-refractivity contribution in [3.63, 3.8) is 0 Å². The second-order valence-corrected chi connectivity index (χ2v) is 6.81. The largest absolute Gasteiger partial charge is 0.491 e. The summed E-state index contributed by atoms with van der Waals surface area (Å²) >= 11 is 0. The molecule has 5 heteroatoms. The van der Waals surface area contributed by atoms with Gasteiger partial charge in [-0.2, -0.15) is 0 Å². The summed E-state index contributed by atoms with van der Waals surface area (Å²) in [5, 5.41) is 9.83. The third kappa shape index (κ3) is 4.88. The number of ether oxygens (including phenoxy) is 1. The molecule has 0 bridgehead atoms. The third-order valence-electron chi connectivity index (χ3n) is 3.01. The molecule has 1 N–H and O–H groups in total. The first-order chi connectivity index (χ1) is 10.1. The summed E-state index contributed by atoms with van der Waals surface area (Å²) in [5.74, 6) is 0.554. The lowest BCUT2D eigenvalue weighted by Crippen LogP contribution is -2.21. The van der Waals surface area contributed by atoms with E-state index in [0.717, 1.165) is 0 Å². The van der Waals surface area contributed by atoms with Gasteiger partial charge in [0.25, 0.3) is 0 Å². The van der Waals surface area contributed by atoms with Crippen molar-refractivity contribution in [2.75, 3.05) is 12.4 Å². The summed E-state index contributed by atoms with van der Waals surface area (Å²) in [6.07, 6.45) is -0.673. The number of sulfone groups is 1. The Labute approximate surface area is 124 Å². The van der Waals surface area contributed by atoms with Crippen LogP contribution in [-0.4, -0.2) is 32.0 Å². The average Bonchev–Trinajstić information content (AvgIpc) is 2.53. The van der Waals surface area contributed by atoms with Gasteiger partial charge in [-0.1, -0.05) is 36.4 Å². The van der Waals surface area contributed by atoms with Crippen LogP contribution in [0.25, 0.3) is 0 Å². The first-order valence-corrected chi connectivity index (χ1v) is 8.37. The van der Waals surface area contributed by atoms with Crippen molar-refractivity contribution in [3.8, 4) is 5.75 Å². The summed E-state index contributed by atoms with van der Waals surface area (Å²) < 4.78 is 29.5.